The van der Waals surface area contributed by atoms with E-state index in [1.165, 1.54) is 0 Å². The van der Waals surface area contributed by atoms with Crippen LogP contribution in [-0.2, 0) is 9.59 Å². The van der Waals surface area contributed by atoms with Crippen molar-refractivity contribution in [3.8, 4) is 0 Å². The zero-order chi connectivity index (χ0) is 17.5. The van der Waals surface area contributed by atoms with Crippen molar-refractivity contribution in [1.29, 1.82) is 0 Å². The lowest BCUT2D eigenvalue weighted by atomic mass is 10.1. The minimum Gasteiger partial charge on any atom is -0.346 e. The number of piperidine rings is 1. The van der Waals surface area contributed by atoms with E-state index in [9.17, 15) is 9.59 Å². The molecule has 1 fully saturated rings. The van der Waals surface area contributed by atoms with Crippen molar-refractivity contribution >= 4 is 41.5 Å². The number of halogens is 2. The summed E-state index contributed by atoms with van der Waals surface area (Å²) in [7, 11) is 1.94. The second-order valence-electron chi connectivity index (χ2n) is 6.10. The van der Waals surface area contributed by atoms with E-state index in [-0.39, 0.29) is 30.8 Å². The molecule has 0 saturated carbocycles. The Morgan fingerprint density at radius 2 is 2.08 bits per heavy atom. The van der Waals surface area contributed by atoms with Gasteiger partial charge in [0.1, 0.15) is 0 Å². The number of amides is 2. The van der Waals surface area contributed by atoms with E-state index in [1.807, 2.05) is 14.0 Å². The maximum atomic E-state index is 12.0. The average Bonchev–Trinajstić information content (AvgIpc) is 2.57. The Hall–Kier alpha value is -1.34. The summed E-state index contributed by atoms with van der Waals surface area (Å²) >= 11 is 6.03. The SMILES string of the molecule is CNC1CCCN(CC(=O)NCC(=O)Nc2cccc(Cl)c2C)C1.Cl. The van der Waals surface area contributed by atoms with Gasteiger partial charge in [-0.1, -0.05) is 17.7 Å². The van der Waals surface area contributed by atoms with Crippen LogP contribution in [0.25, 0.3) is 0 Å². The maximum Gasteiger partial charge on any atom is 0.243 e. The van der Waals surface area contributed by atoms with Gasteiger partial charge in [0.15, 0.2) is 0 Å². The number of hydrogen-bond donors (Lipinski definition) is 3. The van der Waals surface area contributed by atoms with Gasteiger partial charge in [-0.15, -0.1) is 12.4 Å². The van der Waals surface area contributed by atoms with Crippen molar-refractivity contribution in [2.24, 2.45) is 0 Å². The number of nitrogens with zero attached hydrogens (tertiary/aromatic N) is 1. The van der Waals surface area contributed by atoms with E-state index in [2.05, 4.69) is 20.9 Å². The van der Waals surface area contributed by atoms with E-state index in [0.29, 0.717) is 23.3 Å². The van der Waals surface area contributed by atoms with Crippen molar-refractivity contribution in [1.82, 2.24) is 15.5 Å². The maximum absolute atomic E-state index is 12.0. The van der Waals surface area contributed by atoms with Crippen LogP contribution in [0.15, 0.2) is 18.2 Å². The molecule has 0 spiro atoms. The molecule has 0 aliphatic carbocycles. The Balaban J connectivity index is 0.00000312. The molecule has 25 heavy (non-hydrogen) atoms. The predicted octanol–water partition coefficient (Wildman–Crippen LogP) is 1.81. The summed E-state index contributed by atoms with van der Waals surface area (Å²) in [6.07, 6.45) is 2.21. The number of hydrogen-bond acceptors (Lipinski definition) is 4. The molecule has 1 aromatic carbocycles. The highest BCUT2D eigenvalue weighted by Gasteiger charge is 2.20. The van der Waals surface area contributed by atoms with Crippen molar-refractivity contribution in [2.45, 2.75) is 25.8 Å². The van der Waals surface area contributed by atoms with E-state index < -0.39 is 0 Å². The van der Waals surface area contributed by atoms with Gasteiger partial charge in [-0.2, -0.15) is 0 Å². The second-order valence-corrected chi connectivity index (χ2v) is 6.51. The molecule has 0 radical (unpaired) electrons. The zero-order valence-electron chi connectivity index (χ0n) is 14.6. The minimum atomic E-state index is -0.263. The van der Waals surface area contributed by atoms with E-state index in [0.717, 1.165) is 31.5 Å². The molecule has 1 heterocycles. The number of anilines is 1. The molecule has 2 amide bonds. The highest BCUT2D eigenvalue weighted by molar-refractivity contribution is 6.31. The zero-order valence-corrected chi connectivity index (χ0v) is 16.2. The highest BCUT2D eigenvalue weighted by atomic mass is 35.5. The lowest BCUT2D eigenvalue weighted by Gasteiger charge is -2.31. The molecular weight excluding hydrogens is 363 g/mol. The number of carbonyl (C=O) groups is 2. The molecule has 1 aliphatic heterocycles. The fourth-order valence-corrected chi connectivity index (χ4v) is 2.98. The standard InChI is InChI=1S/C17H25ClN4O2.ClH/c1-12-14(18)6-3-7-15(12)21-16(23)9-20-17(24)11-22-8-4-5-13(10-22)19-2;/h3,6-7,13,19H,4-5,8-11H2,1-2H3,(H,20,24)(H,21,23);1H. The molecule has 1 saturated heterocycles. The predicted molar refractivity (Wildman–Crippen MR) is 104 cm³/mol. The first-order valence-corrected chi connectivity index (χ1v) is 8.58. The summed E-state index contributed by atoms with van der Waals surface area (Å²) in [4.78, 5) is 26.1. The highest BCUT2D eigenvalue weighted by Crippen LogP contribution is 2.22. The van der Waals surface area contributed by atoms with Crippen LogP contribution in [0, 0.1) is 6.92 Å². The largest absolute Gasteiger partial charge is 0.346 e. The van der Waals surface area contributed by atoms with Crippen LogP contribution < -0.4 is 16.0 Å². The van der Waals surface area contributed by atoms with Crippen LogP contribution in [0.4, 0.5) is 5.69 Å². The molecule has 140 valence electrons. The van der Waals surface area contributed by atoms with Gasteiger partial charge in [0.05, 0.1) is 13.1 Å². The smallest absolute Gasteiger partial charge is 0.243 e. The van der Waals surface area contributed by atoms with E-state index in [4.69, 9.17) is 11.6 Å². The van der Waals surface area contributed by atoms with Gasteiger partial charge in [-0.25, -0.2) is 0 Å². The van der Waals surface area contributed by atoms with E-state index >= 15 is 0 Å². The van der Waals surface area contributed by atoms with Crippen molar-refractivity contribution in [3.63, 3.8) is 0 Å². The third-order valence-corrected chi connectivity index (χ3v) is 4.68. The first-order valence-electron chi connectivity index (χ1n) is 8.21. The molecule has 3 N–H and O–H groups in total. The number of likely N-dealkylation sites (N-methyl/N-ethyl adjacent to an activating group) is 1. The second kappa shape index (κ2) is 10.6. The normalized spacial score (nSPS) is 17.5. The van der Waals surface area contributed by atoms with Crippen LogP contribution in [-0.4, -0.2) is 56.0 Å². The first-order chi connectivity index (χ1) is 11.5. The van der Waals surface area contributed by atoms with Crippen LogP contribution in [0.1, 0.15) is 18.4 Å². The average molecular weight is 389 g/mol. The lowest BCUT2D eigenvalue weighted by molar-refractivity contribution is -0.125. The Morgan fingerprint density at radius 1 is 1.32 bits per heavy atom. The number of nitrogens with one attached hydrogen (secondary N) is 3. The monoisotopic (exact) mass is 388 g/mol. The third kappa shape index (κ3) is 6.82. The topological polar surface area (TPSA) is 73.5 Å². The van der Waals surface area contributed by atoms with Gasteiger partial charge < -0.3 is 16.0 Å². The number of rotatable bonds is 6. The lowest BCUT2D eigenvalue weighted by Crippen LogP contribution is -2.48. The summed E-state index contributed by atoms with van der Waals surface area (Å²) in [5.41, 5.74) is 1.47. The molecule has 0 bridgehead atoms. The Morgan fingerprint density at radius 3 is 2.80 bits per heavy atom. The van der Waals surface area contributed by atoms with Crippen LogP contribution in [0.3, 0.4) is 0 Å². The van der Waals surface area contributed by atoms with Gasteiger partial charge in [-0.05, 0) is 51.1 Å². The van der Waals surface area contributed by atoms with Crippen molar-refractivity contribution in [3.05, 3.63) is 28.8 Å². The summed E-state index contributed by atoms with van der Waals surface area (Å²) < 4.78 is 0. The number of likely N-dealkylation sites (tertiary alicyclic amines) is 1. The van der Waals surface area contributed by atoms with Crippen molar-refractivity contribution < 1.29 is 9.59 Å². The molecule has 1 atom stereocenters. The summed E-state index contributed by atoms with van der Waals surface area (Å²) in [6.45, 7) is 3.89. The van der Waals surface area contributed by atoms with Gasteiger partial charge in [0, 0.05) is 23.3 Å². The molecule has 8 heteroatoms. The summed E-state index contributed by atoms with van der Waals surface area (Å²) in [5.74, 6) is -0.398. The Bertz CT molecular complexity index is 598. The Kier molecular flexibility index (Phi) is 9.21. The van der Waals surface area contributed by atoms with Gasteiger partial charge >= 0.3 is 0 Å². The van der Waals surface area contributed by atoms with Crippen LogP contribution >= 0.6 is 24.0 Å². The fourth-order valence-electron chi connectivity index (χ4n) is 2.81. The minimum absolute atomic E-state index is 0. The fraction of sp³-hybridized carbons (Fsp3) is 0.529. The number of benzene rings is 1. The third-order valence-electron chi connectivity index (χ3n) is 4.27. The Labute approximate surface area is 160 Å². The van der Waals surface area contributed by atoms with E-state index in [1.54, 1.807) is 18.2 Å². The molecule has 1 aliphatic rings. The molecule has 1 aromatic rings. The number of carbonyl (C=O) groups excluding carboxylic acids is 2. The van der Waals surface area contributed by atoms with Crippen molar-refractivity contribution in [2.75, 3.05) is 38.5 Å². The van der Waals surface area contributed by atoms with Crippen LogP contribution in [0.2, 0.25) is 5.02 Å². The van der Waals surface area contributed by atoms with Gasteiger partial charge in [0.25, 0.3) is 0 Å². The van der Waals surface area contributed by atoms with Crippen LogP contribution in [0.5, 0.6) is 0 Å². The molecule has 6 nitrogen and oxygen atoms in total. The van der Waals surface area contributed by atoms with Gasteiger partial charge in [0.2, 0.25) is 11.8 Å². The first kappa shape index (κ1) is 21.7. The van der Waals surface area contributed by atoms with Gasteiger partial charge in [-0.3, -0.25) is 14.5 Å². The molecule has 0 aromatic heterocycles. The molecular formula is C17H26Cl2N4O2. The molecule has 1 unspecified atom stereocenters. The molecule has 2 rings (SSSR count). The quantitative estimate of drug-likeness (QED) is 0.694. The summed E-state index contributed by atoms with van der Waals surface area (Å²) in [6, 6.07) is 5.76. The summed E-state index contributed by atoms with van der Waals surface area (Å²) in [5, 5.41) is 9.28.